The van der Waals surface area contributed by atoms with Gasteiger partial charge in [0.05, 0.1) is 5.92 Å². The molecule has 2 heterocycles. The number of fused-ring (bicyclic) bond motifs is 3. The Bertz CT molecular complexity index is 735. The van der Waals surface area contributed by atoms with Crippen LogP contribution >= 0.6 is 0 Å². The molecule has 0 spiro atoms. The lowest BCUT2D eigenvalue weighted by molar-refractivity contribution is -0.138. The van der Waals surface area contributed by atoms with Crippen molar-refractivity contribution in [3.8, 4) is 0 Å². The minimum Gasteiger partial charge on any atom is -0.440 e. The Morgan fingerprint density at radius 1 is 1.17 bits per heavy atom. The van der Waals surface area contributed by atoms with Gasteiger partial charge in [-0.1, -0.05) is 18.6 Å². The number of amides is 1. The fraction of sp³-hybridized carbons (Fsp3) is 0.600. The summed E-state index contributed by atoms with van der Waals surface area (Å²) in [5.41, 5.74) is 1.77. The van der Waals surface area contributed by atoms with Crippen LogP contribution in [0.5, 0.6) is 0 Å². The maximum absolute atomic E-state index is 13.0. The molecule has 1 saturated heterocycles. The van der Waals surface area contributed by atoms with Crippen LogP contribution in [0.25, 0.3) is 11.1 Å². The lowest BCUT2D eigenvalue weighted by Gasteiger charge is -2.35. The summed E-state index contributed by atoms with van der Waals surface area (Å²) in [5.74, 6) is 3.23. The van der Waals surface area contributed by atoms with Crippen molar-refractivity contribution >= 4 is 17.0 Å². The molecular weight excluding hydrogens is 300 g/mol. The number of rotatable bonds is 2. The second-order valence-corrected chi connectivity index (χ2v) is 7.92. The van der Waals surface area contributed by atoms with Gasteiger partial charge < -0.3 is 9.32 Å². The summed E-state index contributed by atoms with van der Waals surface area (Å²) in [6, 6.07) is 7.92. The van der Waals surface area contributed by atoms with E-state index < -0.39 is 0 Å². The fourth-order valence-electron chi connectivity index (χ4n) is 5.23. The first-order valence-corrected chi connectivity index (χ1v) is 9.42. The number of hydrogen-bond acceptors (Lipinski definition) is 3. The van der Waals surface area contributed by atoms with Crippen LogP contribution in [-0.2, 0) is 4.79 Å². The molecule has 2 aromatic rings. The third-order valence-corrected chi connectivity index (χ3v) is 6.45. The normalized spacial score (nSPS) is 32.6. The zero-order chi connectivity index (χ0) is 16.1. The maximum Gasteiger partial charge on any atom is 0.225 e. The second-order valence-electron chi connectivity index (χ2n) is 7.92. The van der Waals surface area contributed by atoms with Crippen molar-refractivity contribution in [2.75, 3.05) is 13.1 Å². The summed E-state index contributed by atoms with van der Waals surface area (Å²) in [6.45, 7) is 1.68. The fourth-order valence-corrected chi connectivity index (χ4v) is 5.23. The van der Waals surface area contributed by atoms with E-state index in [-0.39, 0.29) is 5.92 Å². The maximum atomic E-state index is 13.0. The molecule has 2 saturated carbocycles. The van der Waals surface area contributed by atoms with Crippen molar-refractivity contribution < 1.29 is 9.21 Å². The van der Waals surface area contributed by atoms with Crippen molar-refractivity contribution in [1.82, 2.24) is 9.88 Å². The van der Waals surface area contributed by atoms with Crippen LogP contribution in [0.2, 0.25) is 0 Å². The quantitative estimate of drug-likeness (QED) is 0.839. The number of oxazole rings is 1. The molecule has 4 nitrogen and oxygen atoms in total. The summed E-state index contributed by atoms with van der Waals surface area (Å²) >= 11 is 0. The molecule has 24 heavy (non-hydrogen) atoms. The average Bonchev–Trinajstić information content (AvgIpc) is 3.35. The molecule has 126 valence electrons. The van der Waals surface area contributed by atoms with Crippen molar-refractivity contribution in [3.05, 3.63) is 30.2 Å². The van der Waals surface area contributed by atoms with E-state index >= 15 is 0 Å². The first-order chi connectivity index (χ1) is 11.8. The molecular formula is C20H24N2O2. The summed E-state index contributed by atoms with van der Waals surface area (Å²) in [7, 11) is 0. The molecule has 1 aliphatic heterocycles. The molecule has 1 aromatic carbocycles. The molecule has 0 N–H and O–H groups in total. The van der Waals surface area contributed by atoms with Gasteiger partial charge in [0.15, 0.2) is 11.5 Å². The monoisotopic (exact) mass is 324 g/mol. The zero-order valence-corrected chi connectivity index (χ0v) is 14.0. The average molecular weight is 324 g/mol. The Hall–Kier alpha value is -1.84. The van der Waals surface area contributed by atoms with E-state index in [4.69, 9.17) is 4.42 Å². The number of carbonyl (C=O) groups excluding carboxylic acids is 1. The minimum atomic E-state index is 0.244. The van der Waals surface area contributed by atoms with Crippen molar-refractivity contribution in [1.29, 1.82) is 0 Å². The highest BCUT2D eigenvalue weighted by Gasteiger charge is 2.45. The molecule has 3 fully saturated rings. The summed E-state index contributed by atoms with van der Waals surface area (Å²) < 4.78 is 5.96. The molecule has 5 rings (SSSR count). The Kier molecular flexibility index (Phi) is 3.39. The van der Waals surface area contributed by atoms with Gasteiger partial charge in [-0.15, -0.1) is 0 Å². The Morgan fingerprint density at radius 3 is 2.88 bits per heavy atom. The molecule has 4 atom stereocenters. The smallest absolute Gasteiger partial charge is 0.225 e. The molecule has 0 radical (unpaired) electrons. The molecule has 2 bridgehead atoms. The SMILES string of the molecule is O=C([C@@H]1C[C@H]2CC[C@@H]1C2)N1CCC[C@@H](c2nc3ccccc3o2)C1. The van der Waals surface area contributed by atoms with Gasteiger partial charge in [-0.2, -0.15) is 0 Å². The summed E-state index contributed by atoms with van der Waals surface area (Å²) in [4.78, 5) is 19.8. The highest BCUT2D eigenvalue weighted by atomic mass is 16.3. The molecule has 2 aliphatic carbocycles. The topological polar surface area (TPSA) is 46.3 Å². The first-order valence-electron chi connectivity index (χ1n) is 9.42. The largest absolute Gasteiger partial charge is 0.440 e. The number of hydrogen-bond donors (Lipinski definition) is 0. The Morgan fingerprint density at radius 2 is 2.08 bits per heavy atom. The van der Waals surface area contributed by atoms with E-state index in [0.717, 1.165) is 55.3 Å². The number of aromatic nitrogens is 1. The van der Waals surface area contributed by atoms with Gasteiger partial charge in [0.1, 0.15) is 5.52 Å². The van der Waals surface area contributed by atoms with Gasteiger partial charge in [0.2, 0.25) is 5.91 Å². The van der Waals surface area contributed by atoms with E-state index in [1.54, 1.807) is 0 Å². The van der Waals surface area contributed by atoms with E-state index in [9.17, 15) is 4.79 Å². The van der Waals surface area contributed by atoms with Crippen LogP contribution in [0, 0.1) is 17.8 Å². The second kappa shape index (κ2) is 5.61. The van der Waals surface area contributed by atoms with Gasteiger partial charge in [-0.3, -0.25) is 4.79 Å². The van der Waals surface area contributed by atoms with Crippen LogP contribution < -0.4 is 0 Å². The van der Waals surface area contributed by atoms with E-state index in [1.165, 1.54) is 19.3 Å². The number of para-hydroxylation sites is 2. The van der Waals surface area contributed by atoms with Crippen LogP contribution in [0.15, 0.2) is 28.7 Å². The van der Waals surface area contributed by atoms with Gasteiger partial charge in [0.25, 0.3) is 0 Å². The highest BCUT2D eigenvalue weighted by molar-refractivity contribution is 5.80. The molecule has 0 unspecified atom stereocenters. The van der Waals surface area contributed by atoms with Crippen LogP contribution in [0.3, 0.4) is 0 Å². The number of piperidine rings is 1. The molecule has 4 heteroatoms. The van der Waals surface area contributed by atoms with Crippen molar-refractivity contribution in [2.45, 2.75) is 44.4 Å². The van der Waals surface area contributed by atoms with E-state index in [2.05, 4.69) is 9.88 Å². The predicted octanol–water partition coefficient (Wildman–Crippen LogP) is 3.97. The van der Waals surface area contributed by atoms with Crippen molar-refractivity contribution in [2.24, 2.45) is 17.8 Å². The van der Waals surface area contributed by atoms with Crippen LogP contribution in [-0.4, -0.2) is 28.9 Å². The van der Waals surface area contributed by atoms with Gasteiger partial charge >= 0.3 is 0 Å². The number of benzene rings is 1. The van der Waals surface area contributed by atoms with E-state index in [0.29, 0.717) is 17.7 Å². The highest BCUT2D eigenvalue weighted by Crippen LogP contribution is 2.49. The van der Waals surface area contributed by atoms with E-state index in [1.807, 2.05) is 24.3 Å². The van der Waals surface area contributed by atoms with Gasteiger partial charge in [0, 0.05) is 19.0 Å². The lowest BCUT2D eigenvalue weighted by atomic mass is 9.86. The van der Waals surface area contributed by atoms with Crippen LogP contribution in [0.4, 0.5) is 0 Å². The third kappa shape index (κ3) is 2.35. The number of likely N-dealkylation sites (tertiary alicyclic amines) is 1. The van der Waals surface area contributed by atoms with Crippen molar-refractivity contribution in [3.63, 3.8) is 0 Å². The van der Waals surface area contributed by atoms with Gasteiger partial charge in [-0.05, 0) is 56.1 Å². The Balaban J connectivity index is 1.33. The number of carbonyl (C=O) groups is 1. The summed E-state index contributed by atoms with van der Waals surface area (Å²) in [6.07, 6.45) is 7.15. The molecule has 3 aliphatic rings. The first kappa shape index (κ1) is 14.5. The lowest BCUT2D eigenvalue weighted by Crippen LogP contribution is -2.43. The molecule has 1 amide bonds. The third-order valence-electron chi connectivity index (χ3n) is 6.45. The Labute approximate surface area is 142 Å². The van der Waals surface area contributed by atoms with Gasteiger partial charge in [-0.25, -0.2) is 4.98 Å². The van der Waals surface area contributed by atoms with Crippen LogP contribution in [0.1, 0.15) is 50.3 Å². The zero-order valence-electron chi connectivity index (χ0n) is 14.0. The minimum absolute atomic E-state index is 0.244. The number of nitrogens with zero attached hydrogens (tertiary/aromatic N) is 2. The molecule has 1 aromatic heterocycles. The summed E-state index contributed by atoms with van der Waals surface area (Å²) in [5, 5.41) is 0. The predicted molar refractivity (Wildman–Crippen MR) is 91.5 cm³/mol. The standard InChI is InChI=1S/C20H24N2O2/c23-20(16-11-13-7-8-14(16)10-13)22-9-3-4-15(12-22)19-21-17-5-1-2-6-18(17)24-19/h1-2,5-6,13-16H,3-4,7-12H2/t13-,14+,15+,16+/m0/s1.